The summed E-state index contributed by atoms with van der Waals surface area (Å²) in [6.07, 6.45) is 0.881. The van der Waals surface area contributed by atoms with Gasteiger partial charge in [-0.25, -0.2) is 9.78 Å². The minimum absolute atomic E-state index is 0.0304. The number of nitrogens with zero attached hydrogens (tertiary/aromatic N) is 4. The number of aliphatic hydroxyl groups excluding tert-OH is 2. The van der Waals surface area contributed by atoms with Crippen LogP contribution in [0.3, 0.4) is 0 Å². The number of carboxylic acid groups (broad SMARTS) is 2. The Kier molecular flexibility index (Phi) is 29.1. The van der Waals surface area contributed by atoms with Crippen molar-refractivity contribution in [2.75, 3.05) is 39.4 Å². The number of nitrogens with one attached hydrogen (secondary N) is 8. The molecule has 9 amide bonds. The first-order chi connectivity index (χ1) is 36.9. The van der Waals surface area contributed by atoms with E-state index < -0.39 is 152 Å². The predicted molar refractivity (Wildman–Crippen MR) is 274 cm³/mol. The fraction of sp³-hybridized carbons (Fsp3) is 0.636. The van der Waals surface area contributed by atoms with Crippen LogP contribution in [-0.2, 0) is 59.2 Å². The Morgan fingerprint density at radius 3 is 1.67 bits per heavy atom. The Balaban J connectivity index is 2.43. The smallest absolute Gasteiger partial charge is 0.326 e. The van der Waals surface area contributed by atoms with Crippen LogP contribution in [0, 0.1) is 0 Å². The molecular weight excluding hydrogens is 1030 g/mol. The number of carbonyl (C=O) groups excluding carboxylic acids is 9. The van der Waals surface area contributed by atoms with Gasteiger partial charge in [0.15, 0.2) is 11.9 Å². The Morgan fingerprint density at radius 1 is 0.641 bits per heavy atom. The molecule has 1 aromatic rings. The van der Waals surface area contributed by atoms with E-state index in [0.29, 0.717) is 12.1 Å². The van der Waals surface area contributed by atoms with E-state index in [2.05, 4.69) is 57.2 Å². The molecule has 34 nitrogen and oxygen atoms in total. The van der Waals surface area contributed by atoms with Crippen molar-refractivity contribution in [2.24, 2.45) is 50.1 Å². The van der Waals surface area contributed by atoms with Crippen molar-refractivity contribution < 1.29 is 73.2 Å². The molecule has 0 aliphatic carbocycles. The van der Waals surface area contributed by atoms with Gasteiger partial charge in [-0.1, -0.05) is 0 Å². The van der Waals surface area contributed by atoms with E-state index in [9.17, 15) is 73.2 Å². The number of primary amides is 1. The molecule has 34 heteroatoms. The van der Waals surface area contributed by atoms with Crippen LogP contribution in [0.15, 0.2) is 22.5 Å². The zero-order valence-corrected chi connectivity index (χ0v) is 42.9. The lowest BCUT2D eigenvalue weighted by Gasteiger charge is -2.31. The standard InChI is InChI=1S/C44H75N19O15/c45-12-2-1-6-24(56-35(70)25(7-3-13-53-43(48)49)57-39(74)30(20-65)62-34(69)23(46)19-64)36(71)60-29(17-33(67)68)38(73)58-26(10-11-32(47)66)41(76)63-15-5-9-31(63)40(75)61-28(16-22-18-52-21-55-22)37(72)59-27(42(77)78)8-4-14-54-44(50)51/h18,21,23-31,64-65H,1-17,19-20,45-46H2,(H2,47,66)(H,52,55)(H,56,70)(H,57,74)(H,58,73)(H,59,72)(H,60,71)(H,61,75)(H,62,69)(H,67,68)(H,77,78)(H4,48,49,53)(H4,50,51,54)/t23-,24-,25-,26-,27-,28-,29-,30-,31-/m0/s1. The monoisotopic (exact) mass is 1110 g/mol. The number of rotatable bonds is 37. The number of unbranched alkanes of at least 4 members (excludes halogenated alkanes) is 1. The lowest BCUT2D eigenvalue weighted by Crippen LogP contribution is -2.60. The van der Waals surface area contributed by atoms with E-state index in [1.54, 1.807) is 0 Å². The maximum Gasteiger partial charge on any atom is 0.326 e. The van der Waals surface area contributed by atoms with Crippen LogP contribution >= 0.6 is 0 Å². The highest BCUT2D eigenvalue weighted by atomic mass is 16.4. The van der Waals surface area contributed by atoms with Crippen LogP contribution < -0.4 is 77.4 Å². The van der Waals surface area contributed by atoms with Gasteiger partial charge >= 0.3 is 11.9 Å². The second-order valence-corrected chi connectivity index (χ2v) is 18.0. The number of aliphatic hydroxyl groups is 2. The van der Waals surface area contributed by atoms with Gasteiger partial charge in [-0.05, 0) is 70.8 Å². The summed E-state index contributed by atoms with van der Waals surface area (Å²) < 4.78 is 0. The minimum Gasteiger partial charge on any atom is -0.481 e. The van der Waals surface area contributed by atoms with E-state index in [-0.39, 0.29) is 95.9 Å². The summed E-state index contributed by atoms with van der Waals surface area (Å²) in [7, 11) is 0. The SMILES string of the molecule is NCCCC[C@H](NC(=O)[C@H](CCCN=C(N)N)NC(=O)[C@H](CO)NC(=O)[C@@H](N)CO)C(=O)N[C@@H](CC(=O)O)C(=O)N[C@@H](CCC(N)=O)C(=O)N1CCC[C@H]1C(=O)N[C@@H](Cc1cnc[nH]1)C(=O)N[C@@H](CCCN=C(N)N)C(=O)O. The molecule has 1 aliphatic heterocycles. The summed E-state index contributed by atoms with van der Waals surface area (Å²) in [5.74, 6) is -12.6. The fourth-order valence-electron chi connectivity index (χ4n) is 7.74. The molecular formula is C44H75N19O15. The number of H-pyrrole nitrogens is 1. The Morgan fingerprint density at radius 2 is 1.15 bits per heavy atom. The minimum atomic E-state index is -1.97. The van der Waals surface area contributed by atoms with Gasteiger partial charge in [0.1, 0.15) is 54.4 Å². The topological polar surface area (TPSA) is 592 Å². The molecule has 1 fully saturated rings. The Bertz CT molecular complexity index is 2260. The van der Waals surface area contributed by atoms with E-state index in [4.69, 9.17) is 40.1 Å². The Hall–Kier alpha value is -8.24. The molecule has 1 aromatic heterocycles. The molecule has 9 atom stereocenters. The largest absolute Gasteiger partial charge is 0.481 e. The van der Waals surface area contributed by atoms with Crippen LogP contribution in [0.1, 0.15) is 82.7 Å². The highest BCUT2D eigenvalue weighted by Gasteiger charge is 2.41. The molecule has 1 saturated heterocycles. The molecule has 26 N–H and O–H groups in total. The van der Waals surface area contributed by atoms with E-state index in [1.165, 1.54) is 12.5 Å². The quantitative estimate of drug-likeness (QED) is 0.0167. The first kappa shape index (κ1) is 65.9. The molecule has 0 saturated carbocycles. The zero-order chi connectivity index (χ0) is 58.5. The highest BCUT2D eigenvalue weighted by molar-refractivity contribution is 5.99. The third-order valence-electron chi connectivity index (χ3n) is 11.8. The summed E-state index contributed by atoms with van der Waals surface area (Å²) in [6, 6.07) is -14.0. The Labute approximate surface area is 447 Å². The number of guanidine groups is 2. The van der Waals surface area contributed by atoms with Gasteiger partial charge in [0.05, 0.1) is 26.0 Å². The number of carbonyl (C=O) groups is 11. The molecule has 436 valence electrons. The van der Waals surface area contributed by atoms with Crippen LogP contribution in [-0.4, -0.2) is 206 Å². The van der Waals surface area contributed by atoms with Gasteiger partial charge in [0.2, 0.25) is 53.2 Å². The first-order valence-electron chi connectivity index (χ1n) is 24.8. The maximum absolute atomic E-state index is 14.4. The molecule has 0 unspecified atom stereocenters. The van der Waals surface area contributed by atoms with Gasteiger partial charge in [0, 0.05) is 44.4 Å². The van der Waals surface area contributed by atoms with Crippen LogP contribution in [0.25, 0.3) is 0 Å². The first-order valence-corrected chi connectivity index (χ1v) is 24.8. The third-order valence-corrected chi connectivity index (χ3v) is 11.8. The summed E-state index contributed by atoms with van der Waals surface area (Å²) in [6.45, 7) is -1.70. The lowest BCUT2D eigenvalue weighted by atomic mass is 10.0. The maximum atomic E-state index is 14.4. The number of carboxylic acids is 2. The van der Waals surface area contributed by atoms with Crippen molar-refractivity contribution in [3.63, 3.8) is 0 Å². The number of hydrogen-bond donors (Lipinski definition) is 19. The summed E-state index contributed by atoms with van der Waals surface area (Å²) in [5.41, 5.74) is 38.4. The molecule has 2 heterocycles. The summed E-state index contributed by atoms with van der Waals surface area (Å²) in [4.78, 5) is 161. The number of amides is 9. The zero-order valence-electron chi connectivity index (χ0n) is 42.9. The average Bonchev–Trinajstić information content (AvgIpc) is 4.10. The van der Waals surface area contributed by atoms with Gasteiger partial charge < -0.3 is 108 Å². The van der Waals surface area contributed by atoms with Crippen LogP contribution in [0.5, 0.6) is 0 Å². The van der Waals surface area contributed by atoms with Gasteiger partial charge in [-0.15, -0.1) is 0 Å². The summed E-state index contributed by atoms with van der Waals surface area (Å²) >= 11 is 0. The number of likely N-dealkylation sites (tertiary alicyclic amines) is 1. The number of aromatic nitrogens is 2. The van der Waals surface area contributed by atoms with Gasteiger partial charge in [0.25, 0.3) is 0 Å². The van der Waals surface area contributed by atoms with Crippen molar-refractivity contribution in [3.8, 4) is 0 Å². The molecule has 0 aromatic carbocycles. The molecule has 78 heavy (non-hydrogen) atoms. The number of aliphatic imine (C=N–C) groups is 2. The second kappa shape index (κ2) is 34.4. The van der Waals surface area contributed by atoms with Crippen molar-refractivity contribution in [1.29, 1.82) is 0 Å². The van der Waals surface area contributed by atoms with Crippen molar-refractivity contribution in [1.82, 2.24) is 52.1 Å². The van der Waals surface area contributed by atoms with Gasteiger partial charge in [-0.3, -0.25) is 57.9 Å². The fourth-order valence-corrected chi connectivity index (χ4v) is 7.74. The lowest BCUT2D eigenvalue weighted by molar-refractivity contribution is -0.144. The van der Waals surface area contributed by atoms with Gasteiger partial charge in [-0.2, -0.15) is 0 Å². The van der Waals surface area contributed by atoms with Crippen molar-refractivity contribution in [2.45, 2.75) is 138 Å². The second-order valence-electron chi connectivity index (χ2n) is 18.0. The molecule has 1 aliphatic rings. The van der Waals surface area contributed by atoms with Crippen molar-refractivity contribution >= 4 is 77.0 Å². The average molecular weight is 1110 g/mol. The number of aliphatic carboxylic acids is 2. The van der Waals surface area contributed by atoms with E-state index >= 15 is 0 Å². The molecule has 2 rings (SSSR count). The number of nitrogens with two attached hydrogens (primary N) is 7. The van der Waals surface area contributed by atoms with Crippen LogP contribution in [0.2, 0.25) is 0 Å². The summed E-state index contributed by atoms with van der Waals surface area (Å²) in [5, 5.41) is 55.4. The number of hydrogen-bond acceptors (Lipinski definition) is 18. The van der Waals surface area contributed by atoms with Crippen molar-refractivity contribution in [3.05, 3.63) is 18.2 Å². The van der Waals surface area contributed by atoms with Crippen LogP contribution in [0.4, 0.5) is 0 Å². The highest BCUT2D eigenvalue weighted by Crippen LogP contribution is 2.21. The number of imidazole rings is 1. The molecule has 0 radical (unpaired) electrons. The normalized spacial score (nSPS) is 15.9. The predicted octanol–water partition coefficient (Wildman–Crippen LogP) is -9.29. The molecule has 0 bridgehead atoms. The van der Waals surface area contributed by atoms with E-state index in [1.807, 2.05) is 0 Å². The van der Waals surface area contributed by atoms with E-state index in [0.717, 1.165) is 4.90 Å². The third kappa shape index (κ3) is 23.8. The molecule has 0 spiro atoms. The number of aromatic amines is 1.